The molecule has 1 atom stereocenters. The van der Waals surface area contributed by atoms with E-state index in [1.165, 1.54) is 0 Å². The largest absolute Gasteiger partial charge is 0.497 e. The number of carbonyl (C=O) groups excluding carboxylic acids is 1. The molecule has 5 rings (SSSR count). The van der Waals surface area contributed by atoms with Crippen molar-refractivity contribution in [1.82, 2.24) is 19.7 Å². The van der Waals surface area contributed by atoms with E-state index in [0.717, 1.165) is 11.3 Å². The summed E-state index contributed by atoms with van der Waals surface area (Å²) in [5.41, 5.74) is 3.19. The lowest BCUT2D eigenvalue weighted by molar-refractivity contribution is 0.0304. The summed E-state index contributed by atoms with van der Waals surface area (Å²) in [6.45, 7) is 3.89. The van der Waals surface area contributed by atoms with Gasteiger partial charge in [0.05, 0.1) is 60.2 Å². The molecule has 1 aromatic carbocycles. The van der Waals surface area contributed by atoms with Gasteiger partial charge in [0, 0.05) is 18.7 Å². The van der Waals surface area contributed by atoms with Gasteiger partial charge in [-0.3, -0.25) is 4.79 Å². The Labute approximate surface area is 192 Å². The number of nitrogens with zero attached hydrogens (tertiary/aromatic N) is 4. The predicted octanol–water partition coefficient (Wildman–Crippen LogP) is 2.25. The van der Waals surface area contributed by atoms with Gasteiger partial charge in [-0.1, -0.05) is 0 Å². The van der Waals surface area contributed by atoms with Crippen LogP contribution in [-0.2, 0) is 14.6 Å². The SMILES string of the molecule is COc1ccc(-c2cc(C(=O)N3CCOCC3)c3c(C)nn([C@@H]4CCS(=O)(=O)C4)c3n2)cc1. The summed E-state index contributed by atoms with van der Waals surface area (Å²) < 4.78 is 36.7. The summed E-state index contributed by atoms with van der Waals surface area (Å²) in [4.78, 5) is 20.2. The minimum Gasteiger partial charge on any atom is -0.497 e. The quantitative estimate of drug-likeness (QED) is 0.576. The third kappa shape index (κ3) is 4.08. The Balaban J connectivity index is 1.68. The number of aryl methyl sites for hydroxylation is 1. The first-order valence-electron chi connectivity index (χ1n) is 11.0. The van der Waals surface area contributed by atoms with Crippen LogP contribution in [-0.4, -0.2) is 78.9 Å². The molecular formula is C23H26N4O5S. The van der Waals surface area contributed by atoms with Crippen LogP contribution in [0.2, 0.25) is 0 Å². The molecule has 10 heteroatoms. The average molecular weight is 471 g/mol. The number of sulfone groups is 1. The second-order valence-corrected chi connectivity index (χ2v) is 10.7. The summed E-state index contributed by atoms with van der Waals surface area (Å²) in [5, 5.41) is 5.34. The van der Waals surface area contributed by atoms with Gasteiger partial charge in [-0.05, 0) is 43.7 Å². The summed E-state index contributed by atoms with van der Waals surface area (Å²) in [7, 11) is -1.50. The maximum atomic E-state index is 13.6. The maximum Gasteiger partial charge on any atom is 0.254 e. The molecule has 33 heavy (non-hydrogen) atoms. The smallest absolute Gasteiger partial charge is 0.254 e. The van der Waals surface area contributed by atoms with Crippen molar-refractivity contribution in [3.63, 3.8) is 0 Å². The minimum atomic E-state index is -3.11. The molecule has 0 aliphatic carbocycles. The lowest BCUT2D eigenvalue weighted by Gasteiger charge is -2.27. The van der Waals surface area contributed by atoms with E-state index in [9.17, 15) is 13.2 Å². The van der Waals surface area contributed by atoms with Gasteiger partial charge in [-0.15, -0.1) is 0 Å². The molecule has 174 valence electrons. The molecule has 0 bridgehead atoms. The molecule has 0 spiro atoms. The summed E-state index contributed by atoms with van der Waals surface area (Å²) >= 11 is 0. The zero-order valence-electron chi connectivity index (χ0n) is 18.7. The minimum absolute atomic E-state index is 0.0321. The molecule has 4 heterocycles. The predicted molar refractivity (Wildman–Crippen MR) is 123 cm³/mol. The second-order valence-electron chi connectivity index (χ2n) is 8.47. The van der Waals surface area contributed by atoms with Gasteiger partial charge >= 0.3 is 0 Å². The molecule has 0 N–H and O–H groups in total. The van der Waals surface area contributed by atoms with Crippen LogP contribution < -0.4 is 4.74 Å². The molecule has 2 fully saturated rings. The van der Waals surface area contributed by atoms with E-state index in [0.29, 0.717) is 60.7 Å². The Morgan fingerprint density at radius 2 is 1.91 bits per heavy atom. The molecule has 9 nitrogen and oxygen atoms in total. The second kappa shape index (κ2) is 8.42. The van der Waals surface area contributed by atoms with Crippen molar-refractivity contribution in [2.45, 2.75) is 19.4 Å². The lowest BCUT2D eigenvalue weighted by Crippen LogP contribution is -2.40. The molecule has 3 aromatic rings. The first-order valence-corrected chi connectivity index (χ1v) is 12.8. The molecule has 1 amide bonds. The van der Waals surface area contributed by atoms with Gasteiger partial charge in [-0.25, -0.2) is 18.1 Å². The zero-order chi connectivity index (χ0) is 23.2. The Bertz CT molecular complexity index is 1310. The molecule has 0 saturated carbocycles. The van der Waals surface area contributed by atoms with Crippen molar-refractivity contribution in [2.24, 2.45) is 0 Å². The van der Waals surface area contributed by atoms with E-state index >= 15 is 0 Å². The number of hydrogen-bond donors (Lipinski definition) is 0. The third-order valence-corrected chi connectivity index (χ3v) is 8.06. The van der Waals surface area contributed by atoms with Crippen LogP contribution in [0.5, 0.6) is 5.75 Å². The van der Waals surface area contributed by atoms with Crippen molar-refractivity contribution in [3.05, 3.63) is 41.6 Å². The number of benzene rings is 1. The van der Waals surface area contributed by atoms with Crippen LogP contribution in [0.1, 0.15) is 28.5 Å². The monoisotopic (exact) mass is 470 g/mol. The molecule has 2 saturated heterocycles. The van der Waals surface area contributed by atoms with Crippen LogP contribution >= 0.6 is 0 Å². The number of hydrogen-bond acceptors (Lipinski definition) is 7. The van der Waals surface area contributed by atoms with Crippen molar-refractivity contribution < 1.29 is 22.7 Å². The van der Waals surface area contributed by atoms with Crippen molar-refractivity contribution in [1.29, 1.82) is 0 Å². The van der Waals surface area contributed by atoms with Crippen LogP contribution in [0.15, 0.2) is 30.3 Å². The Kier molecular flexibility index (Phi) is 5.57. The highest BCUT2D eigenvalue weighted by Crippen LogP contribution is 2.33. The topological polar surface area (TPSA) is 104 Å². The van der Waals surface area contributed by atoms with Crippen molar-refractivity contribution in [3.8, 4) is 17.0 Å². The third-order valence-electron chi connectivity index (χ3n) is 6.31. The lowest BCUT2D eigenvalue weighted by atomic mass is 10.0. The van der Waals surface area contributed by atoms with E-state index in [4.69, 9.17) is 14.5 Å². The van der Waals surface area contributed by atoms with E-state index in [1.54, 1.807) is 16.7 Å². The maximum absolute atomic E-state index is 13.6. The summed E-state index contributed by atoms with van der Waals surface area (Å²) in [6.07, 6.45) is 0.486. The van der Waals surface area contributed by atoms with Crippen LogP contribution in [0.25, 0.3) is 22.3 Å². The van der Waals surface area contributed by atoms with E-state index in [2.05, 4.69) is 5.10 Å². The molecule has 0 radical (unpaired) electrons. The number of amides is 1. The summed E-state index contributed by atoms with van der Waals surface area (Å²) in [5.74, 6) is 0.795. The van der Waals surface area contributed by atoms with E-state index < -0.39 is 9.84 Å². The fourth-order valence-corrected chi connectivity index (χ4v) is 6.24. The molecular weight excluding hydrogens is 444 g/mol. The normalized spacial score (nSPS) is 20.3. The number of pyridine rings is 1. The number of aromatic nitrogens is 3. The number of methoxy groups -OCH3 is 1. The number of rotatable bonds is 4. The molecule has 0 unspecified atom stereocenters. The number of morpholine rings is 1. The van der Waals surface area contributed by atoms with Gasteiger partial charge in [0.1, 0.15) is 5.75 Å². The Hall–Kier alpha value is -2.98. The number of ether oxygens (including phenoxy) is 2. The van der Waals surface area contributed by atoms with Crippen molar-refractivity contribution >= 4 is 26.8 Å². The molecule has 2 aliphatic rings. The van der Waals surface area contributed by atoms with E-state index in [1.807, 2.05) is 37.3 Å². The van der Waals surface area contributed by atoms with Crippen LogP contribution in [0, 0.1) is 6.92 Å². The fraction of sp³-hybridized carbons (Fsp3) is 0.435. The highest BCUT2D eigenvalue weighted by atomic mass is 32.2. The van der Waals surface area contributed by atoms with Crippen LogP contribution in [0.4, 0.5) is 0 Å². The number of fused-ring (bicyclic) bond motifs is 1. The first kappa shape index (κ1) is 21.8. The number of carbonyl (C=O) groups is 1. The van der Waals surface area contributed by atoms with Gasteiger partial charge in [0.2, 0.25) is 0 Å². The van der Waals surface area contributed by atoms with Crippen LogP contribution in [0.3, 0.4) is 0 Å². The summed E-state index contributed by atoms with van der Waals surface area (Å²) in [6, 6.07) is 8.99. The van der Waals surface area contributed by atoms with Gasteiger partial charge in [-0.2, -0.15) is 5.10 Å². The highest BCUT2D eigenvalue weighted by molar-refractivity contribution is 7.91. The fourth-order valence-electron chi connectivity index (χ4n) is 4.55. The van der Waals surface area contributed by atoms with Gasteiger partial charge < -0.3 is 14.4 Å². The zero-order valence-corrected chi connectivity index (χ0v) is 19.5. The molecule has 2 aliphatic heterocycles. The molecule has 2 aromatic heterocycles. The van der Waals surface area contributed by atoms with Gasteiger partial charge in [0.15, 0.2) is 15.5 Å². The standard InChI is InChI=1S/C23H26N4O5S/c1-15-21-19(23(28)26-8-10-32-11-9-26)13-20(16-3-5-18(31-2)6-4-16)24-22(21)27(25-15)17-7-12-33(29,30)14-17/h3-6,13,17H,7-12,14H2,1-2H3/t17-/m1/s1. The average Bonchev–Trinajstić information content (AvgIpc) is 3.37. The highest BCUT2D eigenvalue weighted by Gasteiger charge is 2.33. The van der Waals surface area contributed by atoms with Gasteiger partial charge in [0.25, 0.3) is 5.91 Å². The van der Waals surface area contributed by atoms with E-state index in [-0.39, 0.29) is 23.5 Å². The Morgan fingerprint density at radius 3 is 2.55 bits per heavy atom. The first-order chi connectivity index (χ1) is 15.9. The Morgan fingerprint density at radius 1 is 1.18 bits per heavy atom. The van der Waals surface area contributed by atoms with Crippen molar-refractivity contribution in [2.75, 3.05) is 44.9 Å².